The van der Waals surface area contributed by atoms with Crippen molar-refractivity contribution >= 4 is 6.08 Å². The van der Waals surface area contributed by atoms with Crippen molar-refractivity contribution in [2.45, 2.75) is 32.3 Å². The molecule has 1 atom stereocenters. The summed E-state index contributed by atoms with van der Waals surface area (Å²) in [4.78, 5) is 11.0. The topological polar surface area (TPSA) is 66.0 Å². The van der Waals surface area contributed by atoms with Gasteiger partial charge >= 0.3 is 0 Å². The quantitative estimate of drug-likeness (QED) is 0.806. The van der Waals surface area contributed by atoms with Crippen LogP contribution >= 0.6 is 0 Å². The van der Waals surface area contributed by atoms with Crippen LogP contribution in [-0.2, 0) is 0 Å². The van der Waals surface area contributed by atoms with E-state index in [1.165, 1.54) is 18.2 Å². The molecule has 2 rings (SSSR count). The lowest BCUT2D eigenvalue weighted by Gasteiger charge is -2.03. The fourth-order valence-electron chi connectivity index (χ4n) is 2.09. The van der Waals surface area contributed by atoms with E-state index in [4.69, 9.17) is 5.11 Å². The number of aliphatic hydroxyl groups excluding tert-OH is 1. The Balaban J connectivity index is 2.05. The van der Waals surface area contributed by atoms with Gasteiger partial charge in [-0.25, -0.2) is 9.49 Å². The molecule has 1 heterocycles. The SMILES string of the molecule is CC(O)CCC/C=C/c1ccc(-c2ccc(=O)[nH]n2)c(F)c1. The van der Waals surface area contributed by atoms with E-state index in [-0.39, 0.29) is 17.5 Å². The number of benzene rings is 1. The molecule has 0 fully saturated rings. The summed E-state index contributed by atoms with van der Waals surface area (Å²) >= 11 is 0. The van der Waals surface area contributed by atoms with Crippen molar-refractivity contribution in [2.75, 3.05) is 0 Å². The zero-order chi connectivity index (χ0) is 15.9. The van der Waals surface area contributed by atoms with Crippen LogP contribution in [-0.4, -0.2) is 21.4 Å². The molecule has 0 radical (unpaired) electrons. The molecule has 0 aliphatic heterocycles. The van der Waals surface area contributed by atoms with E-state index in [9.17, 15) is 9.18 Å². The van der Waals surface area contributed by atoms with Gasteiger partial charge in [0.2, 0.25) is 0 Å². The maximum atomic E-state index is 14.1. The fraction of sp³-hybridized carbons (Fsp3) is 0.294. The molecule has 4 nitrogen and oxygen atoms in total. The van der Waals surface area contributed by atoms with Crippen LogP contribution in [0.2, 0.25) is 0 Å². The molecule has 1 aromatic heterocycles. The zero-order valence-electron chi connectivity index (χ0n) is 12.4. The summed E-state index contributed by atoms with van der Waals surface area (Å²) in [6, 6.07) is 7.69. The molecular formula is C17H19FN2O2. The largest absolute Gasteiger partial charge is 0.393 e. The molecule has 2 aromatic rings. The Morgan fingerprint density at radius 3 is 2.82 bits per heavy atom. The zero-order valence-corrected chi connectivity index (χ0v) is 12.4. The third-order valence-corrected chi connectivity index (χ3v) is 3.25. The number of unbranched alkanes of at least 4 members (excludes halogenated alkanes) is 1. The van der Waals surface area contributed by atoms with Gasteiger partial charge in [0.25, 0.3) is 5.56 Å². The minimum Gasteiger partial charge on any atom is -0.393 e. The average molecular weight is 302 g/mol. The first-order valence-corrected chi connectivity index (χ1v) is 7.26. The number of nitrogens with one attached hydrogen (secondary N) is 1. The van der Waals surface area contributed by atoms with Gasteiger partial charge in [-0.1, -0.05) is 18.2 Å². The number of nitrogens with zero attached hydrogens (tertiary/aromatic N) is 1. The van der Waals surface area contributed by atoms with Crippen molar-refractivity contribution in [3.8, 4) is 11.3 Å². The van der Waals surface area contributed by atoms with Gasteiger partial charge in [-0.05, 0) is 49.9 Å². The monoisotopic (exact) mass is 302 g/mol. The first kappa shape index (κ1) is 16.1. The van der Waals surface area contributed by atoms with Crippen LogP contribution < -0.4 is 5.56 Å². The lowest BCUT2D eigenvalue weighted by Crippen LogP contribution is -2.06. The molecule has 1 unspecified atom stereocenters. The second-order valence-electron chi connectivity index (χ2n) is 5.23. The summed E-state index contributed by atoms with van der Waals surface area (Å²) in [7, 11) is 0. The van der Waals surface area contributed by atoms with Gasteiger partial charge in [-0.2, -0.15) is 5.10 Å². The average Bonchev–Trinajstić information content (AvgIpc) is 2.48. The number of H-pyrrole nitrogens is 1. The first-order chi connectivity index (χ1) is 10.6. The molecule has 2 N–H and O–H groups in total. The van der Waals surface area contributed by atoms with Gasteiger partial charge in [-0.15, -0.1) is 0 Å². The smallest absolute Gasteiger partial charge is 0.264 e. The summed E-state index contributed by atoms with van der Waals surface area (Å²) in [6.45, 7) is 1.77. The Morgan fingerprint density at radius 2 is 2.18 bits per heavy atom. The van der Waals surface area contributed by atoms with E-state index in [1.807, 2.05) is 12.2 Å². The third-order valence-electron chi connectivity index (χ3n) is 3.25. The Hall–Kier alpha value is -2.27. The standard InChI is InChI=1S/C17H19FN2O2/c1-12(21)5-3-2-4-6-13-7-8-14(15(18)11-13)16-9-10-17(22)20-19-16/h4,6-12,21H,2-3,5H2,1H3,(H,20,22)/b6-4+. The minimum atomic E-state index is -0.384. The number of aliphatic hydroxyl groups is 1. The minimum absolute atomic E-state index is 0.282. The van der Waals surface area contributed by atoms with Gasteiger partial charge < -0.3 is 5.11 Å². The number of rotatable bonds is 6. The highest BCUT2D eigenvalue weighted by Gasteiger charge is 2.06. The van der Waals surface area contributed by atoms with E-state index in [1.54, 1.807) is 19.1 Å². The molecule has 0 saturated heterocycles. The van der Waals surface area contributed by atoms with Crippen LogP contribution in [0, 0.1) is 5.82 Å². The summed E-state index contributed by atoms with van der Waals surface area (Å²) < 4.78 is 14.1. The van der Waals surface area contributed by atoms with E-state index in [2.05, 4.69) is 10.2 Å². The van der Waals surface area contributed by atoms with Crippen molar-refractivity contribution in [1.82, 2.24) is 10.2 Å². The Bertz CT molecular complexity index is 688. The molecule has 0 aliphatic rings. The second kappa shape index (κ2) is 7.66. The van der Waals surface area contributed by atoms with Crippen molar-refractivity contribution in [1.29, 1.82) is 0 Å². The molecule has 5 heteroatoms. The van der Waals surface area contributed by atoms with E-state index in [0.717, 1.165) is 24.8 Å². The van der Waals surface area contributed by atoms with Crippen molar-refractivity contribution < 1.29 is 9.50 Å². The predicted octanol–water partition coefficient (Wildman–Crippen LogP) is 3.14. The predicted molar refractivity (Wildman–Crippen MR) is 84.8 cm³/mol. The van der Waals surface area contributed by atoms with Gasteiger partial charge in [0, 0.05) is 11.6 Å². The molecule has 0 bridgehead atoms. The molecular weight excluding hydrogens is 283 g/mol. The number of aromatic amines is 1. The van der Waals surface area contributed by atoms with E-state index >= 15 is 0 Å². The van der Waals surface area contributed by atoms with Crippen LogP contribution in [0.1, 0.15) is 31.7 Å². The number of aromatic nitrogens is 2. The summed E-state index contributed by atoms with van der Waals surface area (Å²) in [5.41, 5.74) is 1.19. The molecule has 0 amide bonds. The Kier molecular flexibility index (Phi) is 5.61. The summed E-state index contributed by atoms with van der Waals surface area (Å²) in [5, 5.41) is 15.3. The molecule has 0 aliphatic carbocycles. The summed E-state index contributed by atoms with van der Waals surface area (Å²) in [5.74, 6) is -0.384. The highest BCUT2D eigenvalue weighted by atomic mass is 19.1. The van der Waals surface area contributed by atoms with Crippen molar-refractivity contribution in [3.05, 3.63) is 58.1 Å². The van der Waals surface area contributed by atoms with Gasteiger partial charge in [0.05, 0.1) is 11.8 Å². The van der Waals surface area contributed by atoms with Crippen molar-refractivity contribution in [2.24, 2.45) is 0 Å². The first-order valence-electron chi connectivity index (χ1n) is 7.26. The maximum absolute atomic E-state index is 14.1. The van der Waals surface area contributed by atoms with Crippen LogP contribution in [0.4, 0.5) is 4.39 Å². The maximum Gasteiger partial charge on any atom is 0.264 e. The Labute approximate surface area is 128 Å². The summed E-state index contributed by atoms with van der Waals surface area (Å²) in [6.07, 6.45) is 6.04. The van der Waals surface area contributed by atoms with E-state index < -0.39 is 0 Å². The molecule has 1 aromatic carbocycles. The second-order valence-corrected chi connectivity index (χ2v) is 5.23. The third kappa shape index (κ3) is 4.63. The van der Waals surface area contributed by atoms with E-state index in [0.29, 0.717) is 11.3 Å². The highest BCUT2D eigenvalue weighted by Crippen LogP contribution is 2.21. The van der Waals surface area contributed by atoms with Crippen LogP contribution in [0.3, 0.4) is 0 Å². The normalized spacial score (nSPS) is 12.7. The number of hydrogen-bond acceptors (Lipinski definition) is 3. The molecule has 22 heavy (non-hydrogen) atoms. The Morgan fingerprint density at radius 1 is 1.36 bits per heavy atom. The number of hydrogen-bond donors (Lipinski definition) is 2. The number of halogens is 1. The molecule has 0 saturated carbocycles. The molecule has 0 spiro atoms. The lowest BCUT2D eigenvalue weighted by molar-refractivity contribution is 0.182. The lowest BCUT2D eigenvalue weighted by atomic mass is 10.1. The van der Waals surface area contributed by atoms with Gasteiger partial charge in [0.1, 0.15) is 5.82 Å². The van der Waals surface area contributed by atoms with Crippen LogP contribution in [0.15, 0.2) is 41.2 Å². The van der Waals surface area contributed by atoms with Gasteiger partial charge in [0.15, 0.2) is 0 Å². The van der Waals surface area contributed by atoms with Crippen molar-refractivity contribution in [3.63, 3.8) is 0 Å². The molecule has 116 valence electrons. The fourth-order valence-corrected chi connectivity index (χ4v) is 2.09. The van der Waals surface area contributed by atoms with Crippen LogP contribution in [0.25, 0.3) is 17.3 Å². The van der Waals surface area contributed by atoms with Crippen LogP contribution in [0.5, 0.6) is 0 Å². The van der Waals surface area contributed by atoms with Gasteiger partial charge in [-0.3, -0.25) is 4.79 Å². The number of allylic oxidation sites excluding steroid dienone is 1. The highest BCUT2D eigenvalue weighted by molar-refractivity contribution is 5.62.